The largest absolute Gasteiger partial charge is 0.480 e. The Morgan fingerprint density at radius 1 is 1.19 bits per heavy atom. The molecule has 1 atom stereocenters. The van der Waals surface area contributed by atoms with Gasteiger partial charge in [-0.15, -0.1) is 0 Å². The molecule has 118 valence electrons. The zero-order valence-corrected chi connectivity index (χ0v) is 13.6. The molecule has 0 aliphatic rings. The van der Waals surface area contributed by atoms with Gasteiger partial charge in [0.25, 0.3) is 0 Å². The van der Waals surface area contributed by atoms with E-state index in [2.05, 4.69) is 37.9 Å². The second-order valence-electron chi connectivity index (χ2n) is 5.78. The van der Waals surface area contributed by atoms with Crippen LogP contribution in [0.1, 0.15) is 44.9 Å². The molecule has 2 N–H and O–H groups in total. The SMILES string of the molecule is CCN(CC)Cc1ccc(C(NCC(C)C)C(=O)O)cc1. The van der Waals surface area contributed by atoms with Crippen LogP contribution < -0.4 is 5.32 Å². The number of aliphatic carboxylic acids is 1. The predicted molar refractivity (Wildman–Crippen MR) is 86.3 cm³/mol. The molecular weight excluding hydrogens is 264 g/mol. The Labute approximate surface area is 128 Å². The van der Waals surface area contributed by atoms with Gasteiger partial charge >= 0.3 is 5.97 Å². The number of nitrogens with one attached hydrogen (secondary N) is 1. The predicted octanol–water partition coefficient (Wildman–Crippen LogP) is 2.90. The average Bonchev–Trinajstić information content (AvgIpc) is 2.45. The first-order valence-corrected chi connectivity index (χ1v) is 7.75. The molecule has 0 aromatic heterocycles. The lowest BCUT2D eigenvalue weighted by atomic mass is 10.0. The first-order valence-electron chi connectivity index (χ1n) is 7.75. The van der Waals surface area contributed by atoms with E-state index in [-0.39, 0.29) is 0 Å². The normalized spacial score (nSPS) is 12.9. The number of benzene rings is 1. The van der Waals surface area contributed by atoms with E-state index in [0.29, 0.717) is 12.5 Å². The van der Waals surface area contributed by atoms with E-state index in [1.54, 1.807) is 0 Å². The third-order valence-corrected chi connectivity index (χ3v) is 3.59. The van der Waals surface area contributed by atoms with Crippen LogP contribution in [0.15, 0.2) is 24.3 Å². The maximum absolute atomic E-state index is 11.4. The van der Waals surface area contributed by atoms with Gasteiger partial charge in [0.2, 0.25) is 0 Å². The Bertz CT molecular complexity index is 425. The minimum Gasteiger partial charge on any atom is -0.480 e. The van der Waals surface area contributed by atoms with Gasteiger partial charge in [0, 0.05) is 6.54 Å². The van der Waals surface area contributed by atoms with Gasteiger partial charge < -0.3 is 10.4 Å². The molecule has 0 aliphatic heterocycles. The molecule has 0 bridgehead atoms. The summed E-state index contributed by atoms with van der Waals surface area (Å²) in [4.78, 5) is 13.7. The fourth-order valence-electron chi connectivity index (χ4n) is 2.22. The summed E-state index contributed by atoms with van der Waals surface area (Å²) in [5, 5.41) is 12.5. The molecule has 0 spiro atoms. The maximum atomic E-state index is 11.4. The van der Waals surface area contributed by atoms with Crippen molar-refractivity contribution in [3.8, 4) is 0 Å². The zero-order valence-electron chi connectivity index (χ0n) is 13.6. The first-order chi connectivity index (χ1) is 9.97. The number of carbonyl (C=O) groups is 1. The van der Waals surface area contributed by atoms with Crippen LogP contribution in [0.25, 0.3) is 0 Å². The first kappa shape index (κ1) is 17.7. The molecule has 0 radical (unpaired) electrons. The molecule has 1 aromatic carbocycles. The van der Waals surface area contributed by atoms with Crippen molar-refractivity contribution in [1.29, 1.82) is 0 Å². The van der Waals surface area contributed by atoms with E-state index in [9.17, 15) is 9.90 Å². The van der Waals surface area contributed by atoms with E-state index in [1.165, 1.54) is 5.56 Å². The Morgan fingerprint density at radius 2 is 1.76 bits per heavy atom. The summed E-state index contributed by atoms with van der Waals surface area (Å²) in [5.41, 5.74) is 2.03. The third kappa shape index (κ3) is 5.86. The summed E-state index contributed by atoms with van der Waals surface area (Å²) < 4.78 is 0. The molecule has 1 unspecified atom stereocenters. The second kappa shape index (κ2) is 8.80. The molecule has 0 fully saturated rings. The second-order valence-corrected chi connectivity index (χ2v) is 5.78. The van der Waals surface area contributed by atoms with Gasteiger partial charge in [-0.3, -0.25) is 9.69 Å². The van der Waals surface area contributed by atoms with E-state index >= 15 is 0 Å². The third-order valence-electron chi connectivity index (χ3n) is 3.59. The highest BCUT2D eigenvalue weighted by atomic mass is 16.4. The van der Waals surface area contributed by atoms with Crippen LogP contribution in [-0.2, 0) is 11.3 Å². The Balaban J connectivity index is 2.75. The molecule has 0 amide bonds. The van der Waals surface area contributed by atoms with Crippen molar-refractivity contribution in [2.75, 3.05) is 19.6 Å². The van der Waals surface area contributed by atoms with E-state index < -0.39 is 12.0 Å². The lowest BCUT2D eigenvalue weighted by molar-refractivity contribution is -0.139. The fraction of sp³-hybridized carbons (Fsp3) is 0.588. The van der Waals surface area contributed by atoms with E-state index in [4.69, 9.17) is 0 Å². The summed E-state index contributed by atoms with van der Waals surface area (Å²) >= 11 is 0. The smallest absolute Gasteiger partial charge is 0.325 e. The molecule has 4 heteroatoms. The van der Waals surface area contributed by atoms with Gasteiger partial charge in [0.1, 0.15) is 6.04 Å². The van der Waals surface area contributed by atoms with Gasteiger partial charge in [-0.1, -0.05) is 52.0 Å². The van der Waals surface area contributed by atoms with Crippen molar-refractivity contribution >= 4 is 5.97 Å². The van der Waals surface area contributed by atoms with Crippen molar-refractivity contribution in [2.24, 2.45) is 5.92 Å². The number of hydrogen-bond acceptors (Lipinski definition) is 3. The van der Waals surface area contributed by atoms with Crippen molar-refractivity contribution in [1.82, 2.24) is 10.2 Å². The summed E-state index contributed by atoms with van der Waals surface area (Å²) in [5.74, 6) is -0.402. The average molecular weight is 292 g/mol. The summed E-state index contributed by atoms with van der Waals surface area (Å²) in [6.07, 6.45) is 0. The lowest BCUT2D eigenvalue weighted by Crippen LogP contribution is -2.31. The van der Waals surface area contributed by atoms with Crippen LogP contribution in [0.4, 0.5) is 0 Å². The number of hydrogen-bond donors (Lipinski definition) is 2. The van der Waals surface area contributed by atoms with Crippen LogP contribution in [0.2, 0.25) is 0 Å². The van der Waals surface area contributed by atoms with Crippen LogP contribution >= 0.6 is 0 Å². The molecular formula is C17H28N2O2. The number of carboxylic acid groups (broad SMARTS) is 1. The van der Waals surface area contributed by atoms with Crippen LogP contribution in [-0.4, -0.2) is 35.6 Å². The highest BCUT2D eigenvalue weighted by Gasteiger charge is 2.19. The molecule has 0 saturated carbocycles. The minimum absolute atomic E-state index is 0.425. The van der Waals surface area contributed by atoms with Crippen LogP contribution in [0.3, 0.4) is 0 Å². The topological polar surface area (TPSA) is 52.6 Å². The van der Waals surface area contributed by atoms with Crippen molar-refractivity contribution in [3.05, 3.63) is 35.4 Å². The monoisotopic (exact) mass is 292 g/mol. The quantitative estimate of drug-likeness (QED) is 0.735. The van der Waals surface area contributed by atoms with Crippen molar-refractivity contribution < 1.29 is 9.90 Å². The molecule has 0 heterocycles. The Morgan fingerprint density at radius 3 is 2.19 bits per heavy atom. The molecule has 0 saturated heterocycles. The van der Waals surface area contributed by atoms with Crippen LogP contribution in [0, 0.1) is 5.92 Å². The summed E-state index contributed by atoms with van der Waals surface area (Å²) in [6, 6.07) is 7.27. The molecule has 1 rings (SSSR count). The zero-order chi connectivity index (χ0) is 15.8. The fourth-order valence-corrected chi connectivity index (χ4v) is 2.22. The Kier molecular flexibility index (Phi) is 7.40. The van der Waals surface area contributed by atoms with Gasteiger partial charge in [-0.05, 0) is 36.7 Å². The standard InChI is InChI=1S/C17H28N2O2/c1-5-19(6-2)12-14-7-9-15(10-8-14)16(17(20)21)18-11-13(3)4/h7-10,13,16,18H,5-6,11-12H2,1-4H3,(H,20,21). The van der Waals surface area contributed by atoms with Gasteiger partial charge in [0.05, 0.1) is 0 Å². The highest BCUT2D eigenvalue weighted by Crippen LogP contribution is 2.16. The van der Waals surface area contributed by atoms with Gasteiger partial charge in [-0.2, -0.15) is 0 Å². The minimum atomic E-state index is -0.827. The summed E-state index contributed by atoms with van der Waals surface area (Å²) in [6.45, 7) is 12.1. The van der Waals surface area contributed by atoms with E-state index in [0.717, 1.165) is 25.2 Å². The number of rotatable bonds is 9. The number of carboxylic acids is 1. The molecule has 4 nitrogen and oxygen atoms in total. The molecule has 1 aromatic rings. The Hall–Kier alpha value is -1.39. The van der Waals surface area contributed by atoms with Crippen molar-refractivity contribution in [2.45, 2.75) is 40.3 Å². The molecule has 21 heavy (non-hydrogen) atoms. The summed E-state index contributed by atoms with van der Waals surface area (Å²) in [7, 11) is 0. The van der Waals surface area contributed by atoms with Gasteiger partial charge in [0.15, 0.2) is 0 Å². The number of nitrogens with zero attached hydrogens (tertiary/aromatic N) is 1. The van der Waals surface area contributed by atoms with E-state index in [1.807, 2.05) is 24.3 Å². The maximum Gasteiger partial charge on any atom is 0.325 e. The lowest BCUT2D eigenvalue weighted by Gasteiger charge is -2.19. The van der Waals surface area contributed by atoms with Gasteiger partial charge in [-0.25, -0.2) is 0 Å². The molecule has 0 aliphatic carbocycles. The van der Waals surface area contributed by atoms with Crippen LogP contribution in [0.5, 0.6) is 0 Å². The van der Waals surface area contributed by atoms with Crippen molar-refractivity contribution in [3.63, 3.8) is 0 Å². The highest BCUT2D eigenvalue weighted by molar-refractivity contribution is 5.75.